The molecule has 2 rings (SSSR count). The number of benzene rings is 1. The number of pyridine rings is 1. The van der Waals surface area contributed by atoms with Crippen molar-refractivity contribution in [1.29, 1.82) is 0 Å². The van der Waals surface area contributed by atoms with Crippen molar-refractivity contribution in [3.63, 3.8) is 0 Å². The number of aliphatic carboxylic acids is 1. The van der Waals surface area contributed by atoms with Crippen molar-refractivity contribution in [2.45, 2.75) is 18.9 Å². The van der Waals surface area contributed by atoms with Crippen molar-refractivity contribution in [3.8, 4) is 11.1 Å². The molecule has 0 amide bonds. The maximum atomic E-state index is 10.5. The molecular weight excluding hydrogens is 242 g/mol. The summed E-state index contributed by atoms with van der Waals surface area (Å²) < 4.78 is 0. The molecule has 0 spiro atoms. The van der Waals surface area contributed by atoms with E-state index in [0.717, 1.165) is 16.7 Å². The second-order valence-corrected chi connectivity index (χ2v) is 4.39. The number of hydrogen-bond donors (Lipinski definition) is 2. The first-order valence-corrected chi connectivity index (χ1v) is 6.04. The first-order chi connectivity index (χ1) is 9.15. The molecule has 0 bridgehead atoms. The third-order valence-corrected chi connectivity index (χ3v) is 2.85. The van der Waals surface area contributed by atoms with E-state index in [1.807, 2.05) is 36.4 Å². The van der Waals surface area contributed by atoms with E-state index in [4.69, 9.17) is 5.11 Å². The molecule has 1 aromatic heterocycles. The van der Waals surface area contributed by atoms with Crippen molar-refractivity contribution in [1.82, 2.24) is 4.98 Å². The molecule has 98 valence electrons. The van der Waals surface area contributed by atoms with Gasteiger partial charge in [-0.1, -0.05) is 24.3 Å². The van der Waals surface area contributed by atoms with Crippen LogP contribution in [0, 0.1) is 0 Å². The highest BCUT2D eigenvalue weighted by atomic mass is 16.4. The molecule has 0 radical (unpaired) electrons. The molecule has 1 heterocycles. The number of rotatable bonds is 5. The zero-order chi connectivity index (χ0) is 13.7. The lowest BCUT2D eigenvalue weighted by Crippen LogP contribution is -2.15. The van der Waals surface area contributed by atoms with Crippen LogP contribution in [0.3, 0.4) is 0 Å². The van der Waals surface area contributed by atoms with Crippen molar-refractivity contribution < 1.29 is 15.0 Å². The number of hydrogen-bond acceptors (Lipinski definition) is 3. The minimum atomic E-state index is -0.985. The van der Waals surface area contributed by atoms with Gasteiger partial charge in [0.1, 0.15) is 0 Å². The number of aromatic nitrogens is 1. The fourth-order valence-corrected chi connectivity index (χ4v) is 1.92. The highest BCUT2D eigenvalue weighted by molar-refractivity contribution is 5.67. The zero-order valence-electron chi connectivity index (χ0n) is 10.4. The molecule has 0 saturated heterocycles. The molecule has 19 heavy (non-hydrogen) atoms. The Morgan fingerprint density at radius 1 is 1.05 bits per heavy atom. The summed E-state index contributed by atoms with van der Waals surface area (Å²) in [5.41, 5.74) is 3.07. The van der Waals surface area contributed by atoms with Crippen molar-refractivity contribution in [2.24, 2.45) is 0 Å². The second kappa shape index (κ2) is 6.11. The summed E-state index contributed by atoms with van der Waals surface area (Å²) >= 11 is 0. The standard InChI is InChI=1S/C15H15NO3/c17-14(10-15(18)19)9-11-1-3-12(4-2-11)13-5-7-16-8-6-13/h1-8,14,17H,9-10H2,(H,18,19). The van der Waals surface area contributed by atoms with E-state index < -0.39 is 12.1 Å². The van der Waals surface area contributed by atoms with Crippen LogP contribution < -0.4 is 0 Å². The Balaban J connectivity index is 2.05. The van der Waals surface area contributed by atoms with Crippen molar-refractivity contribution in [3.05, 3.63) is 54.4 Å². The van der Waals surface area contributed by atoms with E-state index in [2.05, 4.69) is 4.98 Å². The topological polar surface area (TPSA) is 70.4 Å². The van der Waals surface area contributed by atoms with Gasteiger partial charge in [0.15, 0.2) is 0 Å². The number of carboxylic acid groups (broad SMARTS) is 1. The van der Waals surface area contributed by atoms with Crippen molar-refractivity contribution in [2.75, 3.05) is 0 Å². The first kappa shape index (κ1) is 13.2. The Labute approximate surface area is 111 Å². The van der Waals surface area contributed by atoms with Gasteiger partial charge in [-0.3, -0.25) is 9.78 Å². The van der Waals surface area contributed by atoms with Crippen LogP contribution in [-0.4, -0.2) is 27.3 Å². The summed E-state index contributed by atoms with van der Waals surface area (Å²) in [6.45, 7) is 0. The third-order valence-electron chi connectivity index (χ3n) is 2.85. The normalized spacial score (nSPS) is 12.1. The van der Waals surface area contributed by atoms with Crippen LogP contribution >= 0.6 is 0 Å². The number of carboxylic acids is 1. The van der Waals surface area contributed by atoms with Crippen LogP contribution in [0.2, 0.25) is 0 Å². The predicted molar refractivity (Wildman–Crippen MR) is 71.6 cm³/mol. The lowest BCUT2D eigenvalue weighted by Gasteiger charge is -2.08. The molecule has 1 aromatic carbocycles. The van der Waals surface area contributed by atoms with Gasteiger partial charge in [0.05, 0.1) is 12.5 Å². The third kappa shape index (κ3) is 3.89. The van der Waals surface area contributed by atoms with Gasteiger partial charge in [-0.05, 0) is 35.2 Å². The molecule has 0 saturated carbocycles. The predicted octanol–water partition coefficient (Wildman–Crippen LogP) is 2.13. The molecule has 0 aliphatic carbocycles. The molecule has 1 atom stereocenters. The number of nitrogens with zero attached hydrogens (tertiary/aromatic N) is 1. The second-order valence-electron chi connectivity index (χ2n) is 4.39. The van der Waals surface area contributed by atoms with Crippen LogP contribution in [0.1, 0.15) is 12.0 Å². The van der Waals surface area contributed by atoms with Gasteiger partial charge in [0, 0.05) is 12.4 Å². The summed E-state index contributed by atoms with van der Waals surface area (Å²) in [4.78, 5) is 14.4. The quantitative estimate of drug-likeness (QED) is 0.860. The molecule has 0 aliphatic rings. The summed E-state index contributed by atoms with van der Waals surface area (Å²) in [6, 6.07) is 11.6. The lowest BCUT2D eigenvalue weighted by molar-refractivity contribution is -0.139. The van der Waals surface area contributed by atoms with Gasteiger partial charge < -0.3 is 10.2 Å². The van der Waals surface area contributed by atoms with Crippen LogP contribution in [0.4, 0.5) is 0 Å². The highest BCUT2D eigenvalue weighted by Crippen LogP contribution is 2.19. The van der Waals surface area contributed by atoms with Gasteiger partial charge in [0.25, 0.3) is 0 Å². The average molecular weight is 257 g/mol. The van der Waals surface area contributed by atoms with E-state index >= 15 is 0 Å². The number of aliphatic hydroxyl groups is 1. The monoisotopic (exact) mass is 257 g/mol. The fourth-order valence-electron chi connectivity index (χ4n) is 1.92. The SMILES string of the molecule is O=C(O)CC(O)Cc1ccc(-c2ccncc2)cc1. The highest BCUT2D eigenvalue weighted by Gasteiger charge is 2.10. The Morgan fingerprint density at radius 2 is 1.63 bits per heavy atom. The van der Waals surface area contributed by atoms with E-state index in [1.165, 1.54) is 0 Å². The van der Waals surface area contributed by atoms with E-state index in [-0.39, 0.29) is 6.42 Å². The van der Waals surface area contributed by atoms with Crippen LogP contribution in [0.25, 0.3) is 11.1 Å². The van der Waals surface area contributed by atoms with Crippen molar-refractivity contribution >= 4 is 5.97 Å². The van der Waals surface area contributed by atoms with E-state index in [9.17, 15) is 9.90 Å². The van der Waals surface area contributed by atoms with Gasteiger partial charge in [-0.25, -0.2) is 0 Å². The molecule has 4 nitrogen and oxygen atoms in total. The maximum absolute atomic E-state index is 10.5. The molecule has 2 aromatic rings. The number of carbonyl (C=O) groups is 1. The summed E-state index contributed by atoms with van der Waals surface area (Å²) in [5, 5.41) is 18.2. The van der Waals surface area contributed by atoms with Gasteiger partial charge >= 0.3 is 5.97 Å². The fraction of sp³-hybridized carbons (Fsp3) is 0.200. The van der Waals surface area contributed by atoms with Gasteiger partial charge in [-0.2, -0.15) is 0 Å². The molecular formula is C15H15NO3. The van der Waals surface area contributed by atoms with E-state index in [0.29, 0.717) is 6.42 Å². The molecule has 0 aliphatic heterocycles. The van der Waals surface area contributed by atoms with Gasteiger partial charge in [-0.15, -0.1) is 0 Å². The Hall–Kier alpha value is -2.20. The summed E-state index contributed by atoms with van der Waals surface area (Å²) in [6.07, 6.45) is 2.75. The largest absolute Gasteiger partial charge is 0.481 e. The summed E-state index contributed by atoms with van der Waals surface area (Å²) in [7, 11) is 0. The van der Waals surface area contributed by atoms with Crippen LogP contribution in [0.5, 0.6) is 0 Å². The smallest absolute Gasteiger partial charge is 0.305 e. The molecule has 4 heteroatoms. The van der Waals surface area contributed by atoms with E-state index in [1.54, 1.807) is 12.4 Å². The Morgan fingerprint density at radius 3 is 2.21 bits per heavy atom. The van der Waals surface area contributed by atoms with Crippen LogP contribution in [0.15, 0.2) is 48.8 Å². The minimum Gasteiger partial charge on any atom is -0.481 e. The number of aliphatic hydroxyl groups excluding tert-OH is 1. The maximum Gasteiger partial charge on any atom is 0.305 e. The molecule has 0 fully saturated rings. The first-order valence-electron chi connectivity index (χ1n) is 6.04. The minimum absolute atomic E-state index is 0.230. The lowest BCUT2D eigenvalue weighted by atomic mass is 10.0. The average Bonchev–Trinajstić information content (AvgIpc) is 2.39. The Bertz CT molecular complexity index is 537. The summed E-state index contributed by atoms with van der Waals surface area (Å²) in [5.74, 6) is -0.985. The Kier molecular flexibility index (Phi) is 4.26. The van der Waals surface area contributed by atoms with Gasteiger partial charge in [0.2, 0.25) is 0 Å². The molecule has 1 unspecified atom stereocenters. The zero-order valence-corrected chi connectivity index (χ0v) is 10.4. The van der Waals surface area contributed by atoms with Crippen LogP contribution in [-0.2, 0) is 11.2 Å². The molecule has 2 N–H and O–H groups in total.